The summed E-state index contributed by atoms with van der Waals surface area (Å²) in [5.74, 6) is 2.81. The van der Waals surface area contributed by atoms with Gasteiger partial charge in [-0.1, -0.05) is 97.3 Å². The van der Waals surface area contributed by atoms with Gasteiger partial charge in [-0.25, -0.2) is 0 Å². The minimum Gasteiger partial charge on any atom is -0.447 e. The van der Waals surface area contributed by atoms with E-state index in [0.29, 0.717) is 11.6 Å². The zero-order valence-corrected chi connectivity index (χ0v) is 27.7. The summed E-state index contributed by atoms with van der Waals surface area (Å²) >= 11 is 0. The molecule has 9 heteroatoms. The van der Waals surface area contributed by atoms with Gasteiger partial charge >= 0.3 is 21.1 Å². The van der Waals surface area contributed by atoms with Gasteiger partial charge in [-0.15, -0.1) is 0 Å². The van der Waals surface area contributed by atoms with Crippen LogP contribution in [0.3, 0.4) is 0 Å². The van der Waals surface area contributed by atoms with Crippen LogP contribution in [0.15, 0.2) is 159 Å². The third-order valence-electron chi connectivity index (χ3n) is 8.16. The van der Waals surface area contributed by atoms with Crippen molar-refractivity contribution in [2.45, 2.75) is 5.41 Å². The standard InChI is InChI=1S/C39H26N8.Pt/c1-3-9-31(10-4-1)39(32-11-5-2-6-12-32,33-13-7-15-35(44-33)46-27-25-42-37(46)29-17-21-40-22-18-29)34-14-8-16-36(45-34)47-28-26-43-38(47)30-19-23-41-24-20-30;/h1-26H;/q-2;+2. The van der Waals surface area contributed by atoms with Gasteiger partial charge in [0, 0.05) is 59.5 Å². The average molecular weight is 802 g/mol. The molecule has 0 N–H and O–H groups in total. The van der Waals surface area contributed by atoms with Crippen molar-refractivity contribution in [2.75, 3.05) is 0 Å². The minimum atomic E-state index is -0.899. The molecule has 0 saturated carbocycles. The summed E-state index contributed by atoms with van der Waals surface area (Å²) in [5.41, 5.74) is 4.57. The Hall–Kier alpha value is -5.85. The van der Waals surface area contributed by atoms with Gasteiger partial charge in [0.25, 0.3) is 0 Å². The van der Waals surface area contributed by atoms with E-state index < -0.39 is 5.41 Å². The van der Waals surface area contributed by atoms with Crippen molar-refractivity contribution < 1.29 is 21.1 Å². The topological polar surface area (TPSA) is 87.2 Å². The Morgan fingerprint density at radius 3 is 1.29 bits per heavy atom. The maximum atomic E-state index is 5.36. The van der Waals surface area contributed by atoms with E-state index in [1.807, 2.05) is 69.8 Å². The monoisotopic (exact) mass is 801 g/mol. The maximum absolute atomic E-state index is 5.36. The van der Waals surface area contributed by atoms with Crippen molar-refractivity contribution in [2.24, 2.45) is 0 Å². The van der Waals surface area contributed by atoms with E-state index >= 15 is 0 Å². The molecule has 232 valence electrons. The number of aromatic nitrogens is 8. The van der Waals surface area contributed by atoms with Gasteiger partial charge in [-0.3, -0.25) is 19.9 Å². The molecular formula is C39H26N8Pt. The molecule has 8 aromatic rings. The Bertz CT molecular complexity index is 2090. The second-order valence-electron chi connectivity index (χ2n) is 10.8. The van der Waals surface area contributed by atoms with E-state index in [4.69, 9.17) is 9.97 Å². The SMILES string of the molecule is [Pt+2].[c-]1cnc(-c2ccncc2)n1-c1cccc(C(c2ccccc2)(c2ccccc2)c2cccc(-n3[c-]cnc3-c3ccncc3)n2)n1. The molecule has 8 rings (SSSR count). The normalized spacial score (nSPS) is 11.2. The molecule has 0 unspecified atom stereocenters. The first kappa shape index (κ1) is 30.8. The Kier molecular flexibility index (Phi) is 8.64. The van der Waals surface area contributed by atoms with Gasteiger partial charge in [0.1, 0.15) is 5.41 Å². The molecule has 0 aliphatic carbocycles. The van der Waals surface area contributed by atoms with E-state index in [0.717, 1.165) is 45.3 Å². The Morgan fingerprint density at radius 1 is 0.458 bits per heavy atom. The summed E-state index contributed by atoms with van der Waals surface area (Å²) in [6, 6.07) is 40.6. The van der Waals surface area contributed by atoms with Crippen molar-refractivity contribution >= 4 is 0 Å². The third kappa shape index (κ3) is 5.46. The number of hydrogen-bond donors (Lipinski definition) is 0. The Morgan fingerprint density at radius 2 is 0.875 bits per heavy atom. The van der Waals surface area contributed by atoms with Crippen molar-refractivity contribution in [1.82, 2.24) is 39.0 Å². The second kappa shape index (κ2) is 13.5. The number of imidazole rings is 2. The molecule has 0 fully saturated rings. The first-order chi connectivity index (χ1) is 23.3. The number of rotatable bonds is 8. The average Bonchev–Trinajstić information content (AvgIpc) is 3.85. The van der Waals surface area contributed by atoms with Crippen LogP contribution in [0.1, 0.15) is 22.5 Å². The minimum absolute atomic E-state index is 0. The molecule has 0 saturated heterocycles. The summed E-state index contributed by atoms with van der Waals surface area (Å²) in [4.78, 5) is 28.3. The molecule has 0 radical (unpaired) electrons. The first-order valence-corrected chi connectivity index (χ1v) is 15.1. The molecule has 0 amide bonds. The Balaban J connectivity index is 0.00000364. The third-order valence-corrected chi connectivity index (χ3v) is 8.16. The van der Waals surface area contributed by atoms with E-state index in [9.17, 15) is 0 Å². The summed E-state index contributed by atoms with van der Waals surface area (Å²) in [6.45, 7) is 0. The van der Waals surface area contributed by atoms with Gasteiger partial charge in [0.15, 0.2) is 0 Å². The van der Waals surface area contributed by atoms with E-state index in [-0.39, 0.29) is 21.1 Å². The molecule has 8 nitrogen and oxygen atoms in total. The van der Waals surface area contributed by atoms with Crippen LogP contribution in [0.5, 0.6) is 0 Å². The molecule has 6 aromatic heterocycles. The van der Waals surface area contributed by atoms with Crippen LogP contribution in [0.4, 0.5) is 0 Å². The van der Waals surface area contributed by atoms with Crippen LogP contribution in [0.25, 0.3) is 34.4 Å². The fourth-order valence-electron chi connectivity index (χ4n) is 6.07. The van der Waals surface area contributed by atoms with Crippen LogP contribution in [-0.4, -0.2) is 39.0 Å². The molecule has 0 aliphatic rings. The predicted molar refractivity (Wildman–Crippen MR) is 179 cm³/mol. The van der Waals surface area contributed by atoms with Gasteiger partial charge in [0.05, 0.1) is 0 Å². The van der Waals surface area contributed by atoms with Crippen LogP contribution in [-0.2, 0) is 26.5 Å². The molecule has 48 heavy (non-hydrogen) atoms. The molecular weight excluding hydrogens is 776 g/mol. The molecule has 0 spiro atoms. The summed E-state index contributed by atoms with van der Waals surface area (Å²) in [6.07, 6.45) is 16.9. The predicted octanol–water partition coefficient (Wildman–Crippen LogP) is 6.95. The second-order valence-corrected chi connectivity index (χ2v) is 10.8. The van der Waals surface area contributed by atoms with Crippen molar-refractivity contribution in [3.63, 3.8) is 0 Å². The van der Waals surface area contributed by atoms with E-state index in [1.54, 1.807) is 37.2 Å². The summed E-state index contributed by atoms with van der Waals surface area (Å²) < 4.78 is 3.76. The number of hydrogen-bond acceptors (Lipinski definition) is 6. The zero-order valence-electron chi connectivity index (χ0n) is 25.4. The molecule has 2 aromatic carbocycles. The molecule has 0 bridgehead atoms. The molecule has 0 aliphatic heterocycles. The summed E-state index contributed by atoms with van der Waals surface area (Å²) in [5, 5.41) is 0. The number of pyridine rings is 4. The van der Waals surface area contributed by atoms with Crippen LogP contribution in [0, 0.1) is 12.4 Å². The Labute approximate surface area is 292 Å². The van der Waals surface area contributed by atoms with E-state index in [2.05, 4.69) is 93.0 Å². The maximum Gasteiger partial charge on any atom is 2.00 e. The fourth-order valence-corrected chi connectivity index (χ4v) is 6.07. The van der Waals surface area contributed by atoms with Crippen molar-refractivity contribution in [1.29, 1.82) is 0 Å². The van der Waals surface area contributed by atoms with Gasteiger partial charge < -0.3 is 19.1 Å². The smallest absolute Gasteiger partial charge is 0.447 e. The quantitative estimate of drug-likeness (QED) is 0.155. The van der Waals surface area contributed by atoms with Crippen molar-refractivity contribution in [3.05, 3.63) is 193 Å². The molecule has 6 heterocycles. The van der Waals surface area contributed by atoms with Crippen LogP contribution < -0.4 is 0 Å². The number of nitrogens with zero attached hydrogens (tertiary/aromatic N) is 8. The first-order valence-electron chi connectivity index (χ1n) is 15.1. The van der Waals surface area contributed by atoms with E-state index in [1.165, 1.54) is 0 Å². The largest absolute Gasteiger partial charge is 2.00 e. The van der Waals surface area contributed by atoms with Crippen molar-refractivity contribution in [3.8, 4) is 34.4 Å². The van der Waals surface area contributed by atoms with Crippen LogP contribution >= 0.6 is 0 Å². The summed E-state index contributed by atoms with van der Waals surface area (Å²) in [7, 11) is 0. The zero-order chi connectivity index (χ0) is 31.5. The van der Waals surface area contributed by atoms with Gasteiger partial charge in [0.2, 0.25) is 0 Å². The van der Waals surface area contributed by atoms with Crippen LogP contribution in [0.2, 0.25) is 0 Å². The van der Waals surface area contributed by atoms with Gasteiger partial charge in [-0.05, 0) is 71.0 Å². The molecule has 0 atom stereocenters. The number of benzene rings is 2. The fraction of sp³-hybridized carbons (Fsp3) is 0.0256. The van der Waals surface area contributed by atoms with Gasteiger partial charge in [-0.2, -0.15) is 0 Å².